The smallest absolute Gasteiger partial charge is 0.136 e. The fourth-order valence-electron chi connectivity index (χ4n) is 7.66. The lowest BCUT2D eigenvalue weighted by Crippen LogP contribution is -2.01. The van der Waals surface area contributed by atoms with E-state index >= 15 is 0 Å². The molecule has 226 valence electrons. The van der Waals surface area contributed by atoms with E-state index in [9.17, 15) is 10.5 Å². The molecule has 10 aromatic rings. The Kier molecular flexibility index (Phi) is 5.64. The van der Waals surface area contributed by atoms with Gasteiger partial charge >= 0.3 is 0 Å². The van der Waals surface area contributed by atoms with Gasteiger partial charge in [0.2, 0.25) is 0 Å². The topological polar surface area (TPSA) is 70.6 Å². The Bertz CT molecular complexity index is 3010. The predicted molar refractivity (Wildman–Crippen MR) is 197 cm³/mol. The number of benzene rings is 7. The second-order valence-electron chi connectivity index (χ2n) is 12.4. The number of aromatic nitrogens is 2. The second kappa shape index (κ2) is 10.2. The summed E-state index contributed by atoms with van der Waals surface area (Å²) in [7, 11) is 0. The minimum atomic E-state index is 0.582. The lowest BCUT2D eigenvalue weighted by molar-refractivity contribution is 0.669. The third-order valence-corrected chi connectivity index (χ3v) is 9.77. The largest absolute Gasteiger partial charge is 0.456 e. The van der Waals surface area contributed by atoms with Crippen LogP contribution in [0.25, 0.3) is 88.1 Å². The monoisotopic (exact) mass is 624 g/mol. The van der Waals surface area contributed by atoms with Crippen LogP contribution in [0.2, 0.25) is 0 Å². The fraction of sp³-hybridized carbons (Fsp3) is 0. The highest BCUT2D eigenvalue weighted by Crippen LogP contribution is 2.42. The van der Waals surface area contributed by atoms with Crippen molar-refractivity contribution in [2.45, 2.75) is 0 Å². The van der Waals surface area contributed by atoms with Crippen LogP contribution in [-0.2, 0) is 0 Å². The van der Waals surface area contributed by atoms with Crippen LogP contribution in [0.5, 0.6) is 0 Å². The first-order chi connectivity index (χ1) is 24.2. The molecule has 49 heavy (non-hydrogen) atoms. The molecule has 0 amide bonds. The van der Waals surface area contributed by atoms with Gasteiger partial charge in [-0.05, 0) is 72.8 Å². The normalized spacial score (nSPS) is 11.6. The van der Waals surface area contributed by atoms with Crippen molar-refractivity contribution in [3.63, 3.8) is 0 Å². The number of rotatable bonds is 3. The van der Waals surface area contributed by atoms with Crippen molar-refractivity contribution in [2.75, 3.05) is 0 Å². The van der Waals surface area contributed by atoms with Gasteiger partial charge in [0.05, 0.1) is 56.7 Å². The molecule has 5 heteroatoms. The molecule has 7 aromatic carbocycles. The molecule has 0 aliphatic carbocycles. The number of fused-ring (bicyclic) bond motifs is 9. The third-order valence-electron chi connectivity index (χ3n) is 9.77. The van der Waals surface area contributed by atoms with Crippen LogP contribution in [0.15, 0.2) is 150 Å². The van der Waals surface area contributed by atoms with E-state index in [1.54, 1.807) is 0 Å². The highest BCUT2D eigenvalue weighted by molar-refractivity contribution is 6.17. The van der Waals surface area contributed by atoms with E-state index in [0.717, 1.165) is 88.1 Å². The SMILES string of the molecule is N#Cc1ccc2c(c1)c1cc(C#N)ccc1n2-c1ccccc1-c1ccccc1-n1c2ccccc2c2cc3oc4ccccc4c3cc21. The second-order valence-corrected chi connectivity index (χ2v) is 12.4. The minimum Gasteiger partial charge on any atom is -0.456 e. The van der Waals surface area contributed by atoms with E-state index in [4.69, 9.17) is 4.42 Å². The van der Waals surface area contributed by atoms with Gasteiger partial charge in [-0.25, -0.2) is 0 Å². The van der Waals surface area contributed by atoms with Gasteiger partial charge in [0, 0.05) is 43.4 Å². The molecule has 0 radical (unpaired) electrons. The summed E-state index contributed by atoms with van der Waals surface area (Å²) in [6.45, 7) is 0. The molecule has 3 heterocycles. The molecule has 0 atom stereocenters. The van der Waals surface area contributed by atoms with Gasteiger partial charge in [-0.15, -0.1) is 0 Å². The van der Waals surface area contributed by atoms with Crippen molar-refractivity contribution in [2.24, 2.45) is 0 Å². The molecule has 0 bridgehead atoms. The van der Waals surface area contributed by atoms with E-state index in [1.165, 1.54) is 0 Å². The quantitative estimate of drug-likeness (QED) is 0.196. The van der Waals surface area contributed by atoms with E-state index in [2.05, 4.69) is 118 Å². The third kappa shape index (κ3) is 3.85. The van der Waals surface area contributed by atoms with Crippen LogP contribution in [-0.4, -0.2) is 9.13 Å². The molecule has 0 aliphatic rings. The first-order valence-electron chi connectivity index (χ1n) is 16.1. The maximum Gasteiger partial charge on any atom is 0.136 e. The Morgan fingerprint density at radius 3 is 1.55 bits per heavy atom. The zero-order valence-corrected chi connectivity index (χ0v) is 26.1. The minimum absolute atomic E-state index is 0.582. The molecule has 0 spiro atoms. The number of hydrogen-bond acceptors (Lipinski definition) is 3. The van der Waals surface area contributed by atoms with Gasteiger partial charge in [0.15, 0.2) is 0 Å². The molecule has 0 saturated heterocycles. The van der Waals surface area contributed by atoms with Crippen molar-refractivity contribution in [1.29, 1.82) is 10.5 Å². The summed E-state index contributed by atoms with van der Waals surface area (Å²) in [6.07, 6.45) is 0. The summed E-state index contributed by atoms with van der Waals surface area (Å²) >= 11 is 0. The molecular weight excluding hydrogens is 601 g/mol. The average molecular weight is 625 g/mol. The Morgan fingerprint density at radius 1 is 0.388 bits per heavy atom. The average Bonchev–Trinajstić information content (AvgIpc) is 3.80. The number of hydrogen-bond donors (Lipinski definition) is 0. The van der Waals surface area contributed by atoms with Gasteiger partial charge in [0.25, 0.3) is 0 Å². The van der Waals surface area contributed by atoms with Crippen LogP contribution in [0.4, 0.5) is 0 Å². The molecule has 5 nitrogen and oxygen atoms in total. The highest BCUT2D eigenvalue weighted by atomic mass is 16.3. The molecule has 0 aliphatic heterocycles. The Balaban J connectivity index is 1.29. The molecule has 10 rings (SSSR count). The van der Waals surface area contributed by atoms with Gasteiger partial charge in [0.1, 0.15) is 11.2 Å². The maximum absolute atomic E-state index is 9.74. The summed E-state index contributed by atoms with van der Waals surface area (Å²) in [6, 6.07) is 54.4. The molecule has 0 N–H and O–H groups in total. The Labute approximate surface area is 280 Å². The van der Waals surface area contributed by atoms with E-state index < -0.39 is 0 Å². The maximum atomic E-state index is 9.74. The van der Waals surface area contributed by atoms with Gasteiger partial charge in [-0.1, -0.05) is 72.8 Å². The zero-order valence-electron chi connectivity index (χ0n) is 26.1. The van der Waals surface area contributed by atoms with E-state index in [1.807, 2.05) is 48.5 Å². The van der Waals surface area contributed by atoms with Crippen LogP contribution in [0, 0.1) is 22.7 Å². The predicted octanol–water partition coefficient (Wildman–Crippen LogP) is 11.2. The van der Waals surface area contributed by atoms with Crippen molar-refractivity contribution in [3.8, 4) is 34.6 Å². The first kappa shape index (κ1) is 27.1. The Morgan fingerprint density at radius 2 is 0.898 bits per heavy atom. The number of nitriles is 2. The molecule has 3 aromatic heterocycles. The van der Waals surface area contributed by atoms with Crippen LogP contribution >= 0.6 is 0 Å². The van der Waals surface area contributed by atoms with Crippen molar-refractivity contribution >= 4 is 65.6 Å². The van der Waals surface area contributed by atoms with E-state index in [0.29, 0.717) is 11.1 Å². The summed E-state index contributed by atoms with van der Waals surface area (Å²) in [5.74, 6) is 0. The van der Waals surface area contributed by atoms with Crippen LogP contribution < -0.4 is 0 Å². The van der Waals surface area contributed by atoms with Crippen molar-refractivity contribution in [3.05, 3.63) is 157 Å². The summed E-state index contributed by atoms with van der Waals surface area (Å²) in [5, 5.41) is 25.8. The van der Waals surface area contributed by atoms with E-state index in [-0.39, 0.29) is 0 Å². The number of para-hydroxylation sites is 4. The summed E-state index contributed by atoms with van der Waals surface area (Å²) in [5.41, 5.74) is 11.3. The molecule has 0 unspecified atom stereocenters. The van der Waals surface area contributed by atoms with Crippen LogP contribution in [0.1, 0.15) is 11.1 Å². The first-order valence-corrected chi connectivity index (χ1v) is 16.1. The molecular formula is C44H24N4O. The zero-order chi connectivity index (χ0) is 32.6. The summed E-state index contributed by atoms with van der Waals surface area (Å²) in [4.78, 5) is 0. The van der Waals surface area contributed by atoms with Crippen molar-refractivity contribution in [1.82, 2.24) is 9.13 Å². The summed E-state index contributed by atoms with van der Waals surface area (Å²) < 4.78 is 11.0. The van der Waals surface area contributed by atoms with Gasteiger partial charge in [-0.2, -0.15) is 10.5 Å². The molecule has 0 saturated carbocycles. The lowest BCUT2D eigenvalue weighted by Gasteiger charge is -2.18. The number of nitrogens with zero attached hydrogens (tertiary/aromatic N) is 4. The lowest BCUT2D eigenvalue weighted by atomic mass is 10.0. The van der Waals surface area contributed by atoms with Crippen molar-refractivity contribution < 1.29 is 4.42 Å². The highest BCUT2D eigenvalue weighted by Gasteiger charge is 2.21. The van der Waals surface area contributed by atoms with Crippen LogP contribution in [0.3, 0.4) is 0 Å². The van der Waals surface area contributed by atoms with Gasteiger partial charge < -0.3 is 13.6 Å². The fourth-order valence-corrected chi connectivity index (χ4v) is 7.66. The number of furan rings is 1. The Hall–Kier alpha value is -7.08. The van der Waals surface area contributed by atoms with Gasteiger partial charge in [-0.3, -0.25) is 0 Å². The molecule has 0 fully saturated rings. The standard InChI is InChI=1S/C44H24N4O/c45-25-27-17-19-40-33(21-27)34-22-28(26-46)18-20-41(34)47(40)37-13-5-1-9-29(37)30-10-2-6-14-38(30)48-39-15-7-3-11-31(39)35-24-44-36(23-42(35)48)32-12-4-8-16-43(32)49-44/h1-24H.